The second-order valence-electron chi connectivity index (χ2n) is 6.81. The van der Waals surface area contributed by atoms with Crippen molar-refractivity contribution in [3.05, 3.63) is 41.5 Å². The lowest BCUT2D eigenvalue weighted by atomic mass is 9.96. The van der Waals surface area contributed by atoms with Gasteiger partial charge in [0.1, 0.15) is 6.04 Å². The molecule has 2 aromatic rings. The molecule has 0 radical (unpaired) electrons. The summed E-state index contributed by atoms with van der Waals surface area (Å²) in [6.07, 6.45) is 2.32. The molecule has 112 valence electrons. The van der Waals surface area contributed by atoms with Gasteiger partial charge in [0.05, 0.1) is 0 Å². The molecule has 21 heavy (non-hydrogen) atoms. The number of aromatic nitrogens is 2. The number of para-hydroxylation sites is 1. The van der Waals surface area contributed by atoms with E-state index in [2.05, 4.69) is 67.0 Å². The van der Waals surface area contributed by atoms with Crippen molar-refractivity contribution in [1.29, 1.82) is 0 Å². The SMILES string of the molecule is C[C@H](c1nc(C(C)(C)C)no1)N1CCCc2ccccc21. The molecule has 1 aromatic heterocycles. The van der Waals surface area contributed by atoms with Crippen LogP contribution in [-0.2, 0) is 11.8 Å². The lowest BCUT2D eigenvalue weighted by Crippen LogP contribution is -2.32. The third kappa shape index (κ3) is 2.67. The van der Waals surface area contributed by atoms with Gasteiger partial charge in [-0.15, -0.1) is 0 Å². The number of hydrogen-bond donors (Lipinski definition) is 0. The van der Waals surface area contributed by atoms with Crippen LogP contribution in [-0.4, -0.2) is 16.7 Å². The maximum absolute atomic E-state index is 5.52. The van der Waals surface area contributed by atoms with Gasteiger partial charge in [-0.05, 0) is 31.4 Å². The predicted molar refractivity (Wildman–Crippen MR) is 83.5 cm³/mol. The fraction of sp³-hybridized carbons (Fsp3) is 0.529. The van der Waals surface area contributed by atoms with E-state index in [4.69, 9.17) is 4.52 Å². The van der Waals surface area contributed by atoms with E-state index in [0.717, 1.165) is 18.8 Å². The molecule has 0 fully saturated rings. The standard InChI is InChI=1S/C17H23N3O/c1-12(15-18-16(19-21-15)17(2,3)4)20-11-7-9-13-8-5-6-10-14(13)20/h5-6,8,10,12H,7,9,11H2,1-4H3/t12-/m1/s1. The highest BCUT2D eigenvalue weighted by atomic mass is 16.5. The first kappa shape index (κ1) is 14.1. The summed E-state index contributed by atoms with van der Waals surface area (Å²) < 4.78 is 5.52. The number of benzene rings is 1. The average Bonchev–Trinajstić information content (AvgIpc) is 2.96. The second kappa shape index (κ2) is 5.17. The number of aryl methyl sites for hydroxylation is 1. The van der Waals surface area contributed by atoms with Gasteiger partial charge >= 0.3 is 0 Å². The summed E-state index contributed by atoms with van der Waals surface area (Å²) in [5, 5.41) is 4.15. The Morgan fingerprint density at radius 2 is 2.00 bits per heavy atom. The van der Waals surface area contributed by atoms with Crippen LogP contribution in [0.3, 0.4) is 0 Å². The van der Waals surface area contributed by atoms with E-state index in [1.807, 2.05) is 0 Å². The fourth-order valence-electron chi connectivity index (χ4n) is 2.81. The largest absolute Gasteiger partial charge is 0.360 e. The molecule has 4 heteroatoms. The zero-order valence-electron chi connectivity index (χ0n) is 13.3. The quantitative estimate of drug-likeness (QED) is 0.839. The van der Waals surface area contributed by atoms with E-state index in [1.165, 1.54) is 17.7 Å². The highest BCUT2D eigenvalue weighted by Crippen LogP contribution is 2.33. The van der Waals surface area contributed by atoms with E-state index in [1.54, 1.807) is 0 Å². The normalized spacial score (nSPS) is 16.7. The molecule has 1 aromatic carbocycles. The summed E-state index contributed by atoms with van der Waals surface area (Å²) in [7, 11) is 0. The Hall–Kier alpha value is -1.84. The molecular formula is C17H23N3O. The molecule has 3 rings (SSSR count). The summed E-state index contributed by atoms with van der Waals surface area (Å²) in [6, 6.07) is 8.71. The van der Waals surface area contributed by atoms with Gasteiger partial charge in [-0.3, -0.25) is 0 Å². The summed E-state index contributed by atoms with van der Waals surface area (Å²) in [6.45, 7) is 9.47. The van der Waals surface area contributed by atoms with E-state index in [0.29, 0.717) is 5.89 Å². The molecule has 0 amide bonds. The zero-order valence-corrected chi connectivity index (χ0v) is 13.3. The van der Waals surface area contributed by atoms with E-state index < -0.39 is 0 Å². The third-order valence-corrected chi connectivity index (χ3v) is 4.08. The lowest BCUT2D eigenvalue weighted by molar-refractivity contribution is 0.342. The van der Waals surface area contributed by atoms with Gasteiger partial charge in [0.15, 0.2) is 5.82 Å². The number of hydrogen-bond acceptors (Lipinski definition) is 4. The van der Waals surface area contributed by atoms with Crippen molar-refractivity contribution >= 4 is 5.69 Å². The minimum atomic E-state index is -0.0821. The molecule has 0 aliphatic carbocycles. The second-order valence-corrected chi connectivity index (χ2v) is 6.81. The van der Waals surface area contributed by atoms with Gasteiger partial charge in [-0.1, -0.05) is 44.1 Å². The van der Waals surface area contributed by atoms with Crippen molar-refractivity contribution in [1.82, 2.24) is 10.1 Å². The fourth-order valence-corrected chi connectivity index (χ4v) is 2.81. The first-order chi connectivity index (χ1) is 9.97. The molecule has 1 aliphatic rings. The van der Waals surface area contributed by atoms with Crippen molar-refractivity contribution < 1.29 is 4.52 Å². The average molecular weight is 285 g/mol. The van der Waals surface area contributed by atoms with Crippen LogP contribution in [0.4, 0.5) is 5.69 Å². The molecule has 1 atom stereocenters. The van der Waals surface area contributed by atoms with E-state index in [-0.39, 0.29) is 11.5 Å². The van der Waals surface area contributed by atoms with Crippen LogP contribution >= 0.6 is 0 Å². The van der Waals surface area contributed by atoms with E-state index >= 15 is 0 Å². The van der Waals surface area contributed by atoms with Crippen LogP contribution in [0.15, 0.2) is 28.8 Å². The molecule has 1 aliphatic heterocycles. The van der Waals surface area contributed by atoms with Crippen molar-refractivity contribution in [2.45, 2.75) is 52.0 Å². The first-order valence-corrected chi connectivity index (χ1v) is 7.65. The number of anilines is 1. The maximum atomic E-state index is 5.52. The molecule has 4 nitrogen and oxygen atoms in total. The van der Waals surface area contributed by atoms with Crippen LogP contribution in [0.2, 0.25) is 0 Å². The number of nitrogens with zero attached hydrogens (tertiary/aromatic N) is 3. The maximum Gasteiger partial charge on any atom is 0.249 e. The Kier molecular flexibility index (Phi) is 3.47. The number of fused-ring (bicyclic) bond motifs is 1. The van der Waals surface area contributed by atoms with Crippen LogP contribution in [0.1, 0.15) is 57.4 Å². The van der Waals surface area contributed by atoms with Crippen LogP contribution in [0, 0.1) is 0 Å². The Bertz CT molecular complexity index is 627. The molecular weight excluding hydrogens is 262 g/mol. The van der Waals surface area contributed by atoms with Gasteiger partial charge in [0, 0.05) is 17.6 Å². The molecule has 0 spiro atoms. The molecule has 0 bridgehead atoms. The smallest absolute Gasteiger partial charge is 0.249 e. The van der Waals surface area contributed by atoms with Crippen LogP contribution < -0.4 is 4.90 Å². The van der Waals surface area contributed by atoms with E-state index in [9.17, 15) is 0 Å². The van der Waals surface area contributed by atoms with Gasteiger partial charge in [0.25, 0.3) is 0 Å². The summed E-state index contributed by atoms with van der Waals surface area (Å²) in [4.78, 5) is 6.98. The van der Waals surface area contributed by atoms with Gasteiger partial charge in [0.2, 0.25) is 5.89 Å². The Labute approximate surface area is 126 Å². The van der Waals surface area contributed by atoms with Crippen molar-refractivity contribution in [2.75, 3.05) is 11.4 Å². The Morgan fingerprint density at radius 3 is 2.71 bits per heavy atom. The lowest BCUT2D eigenvalue weighted by Gasteiger charge is -2.34. The topological polar surface area (TPSA) is 42.2 Å². The molecule has 0 saturated heterocycles. The zero-order chi connectivity index (χ0) is 15.0. The Balaban J connectivity index is 1.89. The number of rotatable bonds is 2. The highest BCUT2D eigenvalue weighted by Gasteiger charge is 2.28. The summed E-state index contributed by atoms with van der Waals surface area (Å²) in [5.41, 5.74) is 2.62. The molecule has 0 unspecified atom stereocenters. The minimum Gasteiger partial charge on any atom is -0.360 e. The predicted octanol–water partition coefficient (Wildman–Crippen LogP) is 3.88. The van der Waals surface area contributed by atoms with Gasteiger partial charge < -0.3 is 9.42 Å². The van der Waals surface area contributed by atoms with Crippen molar-refractivity contribution in [3.8, 4) is 0 Å². The highest BCUT2D eigenvalue weighted by molar-refractivity contribution is 5.56. The summed E-state index contributed by atoms with van der Waals surface area (Å²) in [5.74, 6) is 1.48. The minimum absolute atomic E-state index is 0.0821. The monoisotopic (exact) mass is 285 g/mol. The third-order valence-electron chi connectivity index (χ3n) is 4.08. The molecule has 0 saturated carbocycles. The van der Waals surface area contributed by atoms with Crippen LogP contribution in [0.5, 0.6) is 0 Å². The first-order valence-electron chi connectivity index (χ1n) is 7.65. The van der Waals surface area contributed by atoms with Crippen LogP contribution in [0.25, 0.3) is 0 Å². The molecule has 2 heterocycles. The van der Waals surface area contributed by atoms with Crippen molar-refractivity contribution in [2.24, 2.45) is 0 Å². The Morgan fingerprint density at radius 1 is 1.24 bits per heavy atom. The van der Waals surface area contributed by atoms with Crippen molar-refractivity contribution in [3.63, 3.8) is 0 Å². The van der Waals surface area contributed by atoms with Gasteiger partial charge in [-0.25, -0.2) is 0 Å². The summed E-state index contributed by atoms with van der Waals surface area (Å²) >= 11 is 0. The molecule has 0 N–H and O–H groups in total. The van der Waals surface area contributed by atoms with Gasteiger partial charge in [-0.2, -0.15) is 4.98 Å².